The van der Waals surface area contributed by atoms with Crippen LogP contribution in [-0.2, 0) is 0 Å². The van der Waals surface area contributed by atoms with Gasteiger partial charge in [0.05, 0.1) is 0 Å². The largest absolute Gasteiger partial charge is 0.323 e. The second kappa shape index (κ2) is 6.03. The molecule has 2 saturated heterocycles. The van der Waals surface area contributed by atoms with Crippen molar-refractivity contribution in [3.63, 3.8) is 0 Å². The maximum atomic E-state index is 13.1. The van der Waals surface area contributed by atoms with E-state index in [0.717, 1.165) is 18.7 Å². The first-order chi connectivity index (χ1) is 10.1. The van der Waals surface area contributed by atoms with Crippen LogP contribution in [0.15, 0.2) is 24.3 Å². The number of nitrogens with zero attached hydrogens (tertiary/aromatic N) is 2. The minimum absolute atomic E-state index is 0.0685. The topological polar surface area (TPSA) is 32.5 Å². The van der Waals surface area contributed by atoms with Crippen LogP contribution in [0.25, 0.3) is 0 Å². The normalized spacial score (nSPS) is 30.1. The van der Waals surface area contributed by atoms with E-state index in [1.165, 1.54) is 31.5 Å². The Morgan fingerprint density at radius 2 is 1.95 bits per heavy atom. The molecule has 0 bridgehead atoms. The molecule has 0 radical (unpaired) electrons. The molecule has 0 amide bonds. The van der Waals surface area contributed by atoms with Crippen LogP contribution in [-0.4, -0.2) is 47.6 Å². The molecule has 116 valence electrons. The minimum atomic E-state index is -0.202. The third-order valence-corrected chi connectivity index (χ3v) is 5.28. The lowest BCUT2D eigenvalue weighted by atomic mass is 9.96. The molecule has 3 rings (SSSR count). The van der Waals surface area contributed by atoms with Crippen molar-refractivity contribution in [2.75, 3.05) is 19.6 Å². The number of fused-ring (bicyclic) bond motifs is 1. The fraction of sp³-hybridized carbons (Fsp3) is 0.647. The first-order valence-corrected chi connectivity index (χ1v) is 8.07. The third-order valence-electron chi connectivity index (χ3n) is 5.28. The van der Waals surface area contributed by atoms with Gasteiger partial charge in [0.2, 0.25) is 0 Å². The molecule has 0 aromatic heterocycles. The minimum Gasteiger partial charge on any atom is -0.323 e. The number of hydrogen-bond donors (Lipinski definition) is 1. The Kier molecular flexibility index (Phi) is 4.29. The third kappa shape index (κ3) is 2.98. The molecule has 2 aliphatic heterocycles. The van der Waals surface area contributed by atoms with Crippen LogP contribution in [0.5, 0.6) is 0 Å². The predicted octanol–water partition coefficient (Wildman–Crippen LogP) is 2.38. The monoisotopic (exact) mass is 291 g/mol. The van der Waals surface area contributed by atoms with Gasteiger partial charge in [-0.3, -0.25) is 9.80 Å². The molecule has 2 heterocycles. The Morgan fingerprint density at radius 1 is 1.24 bits per heavy atom. The molecular weight excluding hydrogens is 265 g/mol. The van der Waals surface area contributed by atoms with Crippen molar-refractivity contribution in [1.29, 1.82) is 0 Å². The summed E-state index contributed by atoms with van der Waals surface area (Å²) in [6.07, 6.45) is 2.63. The number of benzene rings is 1. The van der Waals surface area contributed by atoms with Crippen molar-refractivity contribution in [3.8, 4) is 0 Å². The van der Waals surface area contributed by atoms with Crippen LogP contribution in [0.2, 0.25) is 0 Å². The van der Waals surface area contributed by atoms with Crippen molar-refractivity contribution >= 4 is 0 Å². The highest BCUT2D eigenvalue weighted by Gasteiger charge is 2.37. The van der Waals surface area contributed by atoms with Crippen LogP contribution in [0.1, 0.15) is 38.3 Å². The molecule has 0 spiro atoms. The van der Waals surface area contributed by atoms with Gasteiger partial charge in [-0.25, -0.2) is 4.39 Å². The lowest BCUT2D eigenvalue weighted by Crippen LogP contribution is -2.59. The predicted molar refractivity (Wildman–Crippen MR) is 83.6 cm³/mol. The van der Waals surface area contributed by atoms with Gasteiger partial charge < -0.3 is 5.73 Å². The van der Waals surface area contributed by atoms with Gasteiger partial charge in [-0.1, -0.05) is 12.1 Å². The van der Waals surface area contributed by atoms with Gasteiger partial charge in [0.15, 0.2) is 0 Å². The van der Waals surface area contributed by atoms with E-state index in [0.29, 0.717) is 12.1 Å². The number of hydrogen-bond acceptors (Lipinski definition) is 3. The van der Waals surface area contributed by atoms with Crippen LogP contribution in [0, 0.1) is 5.82 Å². The number of halogens is 1. The summed E-state index contributed by atoms with van der Waals surface area (Å²) in [4.78, 5) is 5.16. The van der Waals surface area contributed by atoms with Gasteiger partial charge in [0.1, 0.15) is 5.82 Å². The summed E-state index contributed by atoms with van der Waals surface area (Å²) in [5.74, 6) is -0.202. The molecule has 2 N–H and O–H groups in total. The Bertz CT molecular complexity index is 475. The van der Waals surface area contributed by atoms with Gasteiger partial charge >= 0.3 is 0 Å². The highest BCUT2D eigenvalue weighted by molar-refractivity contribution is 5.21. The number of rotatable bonds is 3. The van der Waals surface area contributed by atoms with E-state index < -0.39 is 0 Å². The van der Waals surface area contributed by atoms with E-state index in [-0.39, 0.29) is 17.9 Å². The lowest BCUT2D eigenvalue weighted by molar-refractivity contribution is 0.0253. The molecule has 0 saturated carbocycles. The molecule has 4 atom stereocenters. The van der Waals surface area contributed by atoms with Gasteiger partial charge in [-0.15, -0.1) is 0 Å². The Morgan fingerprint density at radius 3 is 2.67 bits per heavy atom. The summed E-state index contributed by atoms with van der Waals surface area (Å²) in [6, 6.07) is 8.06. The van der Waals surface area contributed by atoms with Gasteiger partial charge in [-0.2, -0.15) is 0 Å². The van der Waals surface area contributed by atoms with Crippen LogP contribution in [0.4, 0.5) is 4.39 Å². The van der Waals surface area contributed by atoms with Crippen molar-refractivity contribution in [3.05, 3.63) is 35.6 Å². The fourth-order valence-corrected chi connectivity index (χ4v) is 3.95. The maximum Gasteiger partial charge on any atom is 0.123 e. The maximum absolute atomic E-state index is 13.1. The standard InChI is InChI=1S/C17H26FN3/c1-12-10-20-9-3-4-16(20)11-21(12)13(2)17(19)14-5-7-15(18)8-6-14/h5-8,12-13,16-17H,3-4,9-11,19H2,1-2H3. The molecule has 1 aromatic rings. The molecule has 4 unspecified atom stereocenters. The Labute approximate surface area is 126 Å². The van der Waals surface area contributed by atoms with Crippen molar-refractivity contribution in [1.82, 2.24) is 9.80 Å². The zero-order valence-corrected chi connectivity index (χ0v) is 13.0. The molecule has 1 aromatic carbocycles. The van der Waals surface area contributed by atoms with E-state index in [1.807, 2.05) is 12.1 Å². The second-order valence-corrected chi connectivity index (χ2v) is 6.65. The summed E-state index contributed by atoms with van der Waals surface area (Å²) in [6.45, 7) is 8.00. The van der Waals surface area contributed by atoms with E-state index in [2.05, 4.69) is 23.6 Å². The number of nitrogens with two attached hydrogens (primary N) is 1. The second-order valence-electron chi connectivity index (χ2n) is 6.65. The molecule has 4 heteroatoms. The van der Waals surface area contributed by atoms with Crippen LogP contribution >= 0.6 is 0 Å². The highest BCUT2D eigenvalue weighted by atomic mass is 19.1. The fourth-order valence-electron chi connectivity index (χ4n) is 3.95. The first-order valence-electron chi connectivity index (χ1n) is 8.07. The molecule has 2 aliphatic rings. The van der Waals surface area contributed by atoms with Crippen LogP contribution in [0.3, 0.4) is 0 Å². The van der Waals surface area contributed by atoms with E-state index in [4.69, 9.17) is 5.73 Å². The molecular formula is C17H26FN3. The number of piperazine rings is 1. The SMILES string of the molecule is CC1CN2CCCC2CN1C(C)C(N)c1ccc(F)cc1. The molecule has 2 fully saturated rings. The summed E-state index contributed by atoms with van der Waals surface area (Å²) in [5.41, 5.74) is 7.46. The Hall–Kier alpha value is -0.970. The molecule has 0 aliphatic carbocycles. The van der Waals surface area contributed by atoms with E-state index in [1.54, 1.807) is 0 Å². The smallest absolute Gasteiger partial charge is 0.123 e. The van der Waals surface area contributed by atoms with Crippen molar-refractivity contribution in [2.45, 2.75) is 50.9 Å². The highest BCUT2D eigenvalue weighted by Crippen LogP contribution is 2.29. The summed E-state index contributed by atoms with van der Waals surface area (Å²) >= 11 is 0. The zero-order valence-electron chi connectivity index (χ0n) is 13.0. The zero-order chi connectivity index (χ0) is 15.0. The van der Waals surface area contributed by atoms with Crippen molar-refractivity contribution < 1.29 is 4.39 Å². The van der Waals surface area contributed by atoms with Crippen molar-refractivity contribution in [2.24, 2.45) is 5.73 Å². The summed E-state index contributed by atoms with van der Waals surface area (Å²) in [5, 5.41) is 0. The average molecular weight is 291 g/mol. The average Bonchev–Trinajstić information content (AvgIpc) is 2.93. The summed E-state index contributed by atoms with van der Waals surface area (Å²) in [7, 11) is 0. The first kappa shape index (κ1) is 14.9. The quantitative estimate of drug-likeness (QED) is 0.928. The lowest BCUT2D eigenvalue weighted by Gasteiger charge is -2.46. The van der Waals surface area contributed by atoms with Gasteiger partial charge in [-0.05, 0) is 50.9 Å². The van der Waals surface area contributed by atoms with Crippen LogP contribution < -0.4 is 5.73 Å². The summed E-state index contributed by atoms with van der Waals surface area (Å²) < 4.78 is 13.1. The van der Waals surface area contributed by atoms with E-state index in [9.17, 15) is 4.39 Å². The van der Waals surface area contributed by atoms with Gasteiger partial charge in [0, 0.05) is 37.3 Å². The Balaban J connectivity index is 1.71. The van der Waals surface area contributed by atoms with Gasteiger partial charge in [0.25, 0.3) is 0 Å². The molecule has 3 nitrogen and oxygen atoms in total. The van der Waals surface area contributed by atoms with E-state index >= 15 is 0 Å². The molecule has 21 heavy (non-hydrogen) atoms.